The molecule has 0 saturated heterocycles. The third kappa shape index (κ3) is 3.22. The van der Waals surface area contributed by atoms with E-state index < -0.39 is 0 Å². The average molecular weight is 288 g/mol. The highest BCUT2D eigenvalue weighted by molar-refractivity contribution is 5.48. The zero-order valence-electron chi connectivity index (χ0n) is 12.9. The molecule has 3 nitrogen and oxygen atoms in total. The maximum atomic E-state index is 14.2. The van der Waals surface area contributed by atoms with Gasteiger partial charge in [-0.15, -0.1) is 0 Å². The first-order valence-electron chi connectivity index (χ1n) is 7.06. The number of benzene rings is 1. The van der Waals surface area contributed by atoms with Crippen molar-refractivity contribution in [3.05, 3.63) is 58.7 Å². The number of hydrogen-bond acceptors (Lipinski definition) is 3. The molecular formula is C17H21FN2O. The van der Waals surface area contributed by atoms with E-state index in [0.29, 0.717) is 5.56 Å². The number of aryl methyl sites for hydroxylation is 2. The molecule has 0 saturated carbocycles. The molecule has 2 aromatic rings. The average Bonchev–Trinajstić information content (AvgIpc) is 2.45. The molecule has 0 aliphatic heterocycles. The standard InChI is InChI=1S/C17H21FN2O/c1-5-20-17(13-6-7-19-10-14(13)18)16-12(3)8-11(2)9-15(16)21-4/h6-10,17,20H,5H2,1-4H3. The molecule has 0 radical (unpaired) electrons. The monoisotopic (exact) mass is 288 g/mol. The lowest BCUT2D eigenvalue weighted by Gasteiger charge is -2.24. The van der Waals surface area contributed by atoms with Gasteiger partial charge in [-0.1, -0.05) is 13.0 Å². The van der Waals surface area contributed by atoms with Crippen LogP contribution in [-0.2, 0) is 0 Å². The number of pyridine rings is 1. The van der Waals surface area contributed by atoms with Crippen molar-refractivity contribution in [2.75, 3.05) is 13.7 Å². The summed E-state index contributed by atoms with van der Waals surface area (Å²) in [4.78, 5) is 3.83. The fraction of sp³-hybridized carbons (Fsp3) is 0.353. The van der Waals surface area contributed by atoms with E-state index in [-0.39, 0.29) is 11.9 Å². The number of methoxy groups -OCH3 is 1. The second kappa shape index (κ2) is 6.68. The van der Waals surface area contributed by atoms with Gasteiger partial charge in [0.2, 0.25) is 0 Å². The molecule has 0 aliphatic rings. The molecular weight excluding hydrogens is 267 g/mol. The van der Waals surface area contributed by atoms with Crippen molar-refractivity contribution in [3.8, 4) is 5.75 Å². The Morgan fingerprint density at radius 3 is 2.71 bits per heavy atom. The molecule has 2 rings (SSSR count). The Balaban J connectivity index is 2.61. The van der Waals surface area contributed by atoms with Crippen LogP contribution in [0.3, 0.4) is 0 Å². The van der Waals surface area contributed by atoms with Crippen LogP contribution in [0.1, 0.15) is 35.2 Å². The van der Waals surface area contributed by atoms with Gasteiger partial charge < -0.3 is 10.1 Å². The number of halogens is 1. The lowest BCUT2D eigenvalue weighted by atomic mass is 9.93. The Hall–Kier alpha value is -1.94. The zero-order valence-corrected chi connectivity index (χ0v) is 12.9. The fourth-order valence-electron chi connectivity index (χ4n) is 2.67. The Morgan fingerprint density at radius 2 is 2.10 bits per heavy atom. The lowest BCUT2D eigenvalue weighted by Crippen LogP contribution is -2.24. The molecule has 0 bridgehead atoms. The predicted octanol–water partition coefficient (Wildman–Crippen LogP) is 3.55. The van der Waals surface area contributed by atoms with E-state index >= 15 is 0 Å². The van der Waals surface area contributed by atoms with E-state index in [4.69, 9.17) is 4.74 Å². The van der Waals surface area contributed by atoms with Gasteiger partial charge >= 0.3 is 0 Å². The quantitative estimate of drug-likeness (QED) is 0.913. The molecule has 1 N–H and O–H groups in total. The van der Waals surface area contributed by atoms with Gasteiger partial charge in [-0.05, 0) is 43.7 Å². The molecule has 112 valence electrons. The minimum absolute atomic E-state index is 0.256. The van der Waals surface area contributed by atoms with Crippen LogP contribution in [0.5, 0.6) is 5.75 Å². The molecule has 1 aromatic carbocycles. The predicted molar refractivity (Wildman–Crippen MR) is 82.2 cm³/mol. The summed E-state index contributed by atoms with van der Waals surface area (Å²) in [5.41, 5.74) is 3.75. The van der Waals surface area contributed by atoms with Crippen molar-refractivity contribution >= 4 is 0 Å². The van der Waals surface area contributed by atoms with Crippen molar-refractivity contribution in [1.29, 1.82) is 0 Å². The Morgan fingerprint density at radius 1 is 1.33 bits per heavy atom. The zero-order chi connectivity index (χ0) is 15.4. The summed E-state index contributed by atoms with van der Waals surface area (Å²) in [7, 11) is 1.64. The van der Waals surface area contributed by atoms with Crippen LogP contribution >= 0.6 is 0 Å². The van der Waals surface area contributed by atoms with Crippen molar-refractivity contribution in [1.82, 2.24) is 10.3 Å². The van der Waals surface area contributed by atoms with Crippen LogP contribution in [-0.4, -0.2) is 18.6 Å². The summed E-state index contributed by atoms with van der Waals surface area (Å²) in [6.45, 7) is 6.77. The highest BCUT2D eigenvalue weighted by atomic mass is 19.1. The molecule has 0 spiro atoms. The first kappa shape index (κ1) is 15.4. The Bertz CT molecular complexity index is 628. The second-order valence-electron chi connectivity index (χ2n) is 5.09. The smallest absolute Gasteiger partial charge is 0.146 e. The summed E-state index contributed by atoms with van der Waals surface area (Å²) in [5, 5.41) is 3.34. The van der Waals surface area contributed by atoms with Gasteiger partial charge in [-0.3, -0.25) is 4.98 Å². The normalized spacial score (nSPS) is 12.2. The minimum atomic E-state index is -0.314. The van der Waals surface area contributed by atoms with E-state index in [1.54, 1.807) is 19.4 Å². The molecule has 0 amide bonds. The summed E-state index contributed by atoms with van der Waals surface area (Å²) in [6, 6.07) is 5.52. The van der Waals surface area contributed by atoms with Gasteiger partial charge in [0.05, 0.1) is 19.3 Å². The molecule has 0 aliphatic carbocycles. The lowest BCUT2D eigenvalue weighted by molar-refractivity contribution is 0.402. The van der Waals surface area contributed by atoms with E-state index in [9.17, 15) is 4.39 Å². The number of rotatable bonds is 5. The SMILES string of the molecule is CCNC(c1ccncc1F)c1c(C)cc(C)cc1OC. The van der Waals surface area contributed by atoms with Gasteiger partial charge in [-0.25, -0.2) is 4.39 Å². The van der Waals surface area contributed by atoms with E-state index in [0.717, 1.165) is 29.0 Å². The van der Waals surface area contributed by atoms with Crippen LogP contribution in [0, 0.1) is 19.7 Å². The summed E-state index contributed by atoms with van der Waals surface area (Å²) in [5.74, 6) is 0.458. The Labute approximate surface area is 125 Å². The summed E-state index contributed by atoms with van der Waals surface area (Å²) < 4.78 is 19.7. The van der Waals surface area contributed by atoms with E-state index in [1.807, 2.05) is 26.8 Å². The van der Waals surface area contributed by atoms with Gasteiger partial charge in [0, 0.05) is 17.3 Å². The fourth-order valence-corrected chi connectivity index (χ4v) is 2.67. The molecule has 1 unspecified atom stereocenters. The van der Waals surface area contributed by atoms with E-state index in [1.165, 1.54) is 6.20 Å². The van der Waals surface area contributed by atoms with Gasteiger partial charge in [-0.2, -0.15) is 0 Å². The van der Waals surface area contributed by atoms with Crippen molar-refractivity contribution in [2.24, 2.45) is 0 Å². The van der Waals surface area contributed by atoms with Crippen LogP contribution in [0.4, 0.5) is 4.39 Å². The maximum Gasteiger partial charge on any atom is 0.146 e. The van der Waals surface area contributed by atoms with Crippen LogP contribution in [0.15, 0.2) is 30.6 Å². The summed E-state index contributed by atoms with van der Waals surface area (Å²) >= 11 is 0. The maximum absolute atomic E-state index is 14.2. The van der Waals surface area contributed by atoms with Crippen LogP contribution < -0.4 is 10.1 Å². The Kier molecular flexibility index (Phi) is 4.91. The highest BCUT2D eigenvalue weighted by Gasteiger charge is 2.22. The van der Waals surface area contributed by atoms with Crippen molar-refractivity contribution < 1.29 is 9.13 Å². The van der Waals surface area contributed by atoms with Gasteiger partial charge in [0.1, 0.15) is 11.6 Å². The third-order valence-electron chi connectivity index (χ3n) is 3.52. The van der Waals surface area contributed by atoms with Crippen molar-refractivity contribution in [2.45, 2.75) is 26.8 Å². The largest absolute Gasteiger partial charge is 0.496 e. The first-order chi connectivity index (χ1) is 10.1. The minimum Gasteiger partial charge on any atom is -0.496 e. The molecule has 21 heavy (non-hydrogen) atoms. The third-order valence-corrected chi connectivity index (χ3v) is 3.52. The number of nitrogens with one attached hydrogen (secondary N) is 1. The number of ether oxygens (including phenoxy) is 1. The van der Waals surface area contributed by atoms with Crippen LogP contribution in [0.25, 0.3) is 0 Å². The highest BCUT2D eigenvalue weighted by Crippen LogP contribution is 2.34. The second-order valence-corrected chi connectivity index (χ2v) is 5.09. The number of nitrogens with zero attached hydrogens (tertiary/aromatic N) is 1. The van der Waals surface area contributed by atoms with E-state index in [2.05, 4.69) is 16.4 Å². The molecule has 1 heterocycles. The molecule has 0 fully saturated rings. The number of hydrogen-bond donors (Lipinski definition) is 1. The topological polar surface area (TPSA) is 34.2 Å². The van der Waals surface area contributed by atoms with Gasteiger partial charge in [0.25, 0.3) is 0 Å². The molecule has 1 aromatic heterocycles. The first-order valence-corrected chi connectivity index (χ1v) is 7.06. The van der Waals surface area contributed by atoms with Gasteiger partial charge in [0.15, 0.2) is 0 Å². The molecule has 4 heteroatoms. The number of aromatic nitrogens is 1. The summed E-state index contributed by atoms with van der Waals surface area (Å²) in [6.07, 6.45) is 2.86. The molecule has 1 atom stereocenters. The van der Waals surface area contributed by atoms with Crippen molar-refractivity contribution in [3.63, 3.8) is 0 Å². The van der Waals surface area contributed by atoms with Crippen LogP contribution in [0.2, 0.25) is 0 Å².